The van der Waals surface area contributed by atoms with Gasteiger partial charge in [-0.2, -0.15) is 17.6 Å². The maximum atomic E-state index is 12.7. The fourth-order valence-corrected chi connectivity index (χ4v) is 1.84. The van der Waals surface area contributed by atoms with Crippen LogP contribution in [0.15, 0.2) is 36.5 Å². The number of nitrogens with zero attached hydrogens (tertiary/aromatic N) is 2. The lowest BCUT2D eigenvalue weighted by Crippen LogP contribution is -2.04. The zero-order valence-electron chi connectivity index (χ0n) is 9.87. The van der Waals surface area contributed by atoms with Crippen molar-refractivity contribution in [3.63, 3.8) is 0 Å². The largest absolute Gasteiger partial charge is 0.416 e. The van der Waals surface area contributed by atoms with E-state index >= 15 is 0 Å². The molecule has 0 fully saturated rings. The van der Waals surface area contributed by atoms with Crippen LogP contribution in [0.2, 0.25) is 0 Å². The summed E-state index contributed by atoms with van der Waals surface area (Å²) >= 11 is 0. The van der Waals surface area contributed by atoms with Crippen LogP contribution < -0.4 is 0 Å². The molecule has 2 heterocycles. The molecule has 102 valence electrons. The van der Waals surface area contributed by atoms with Gasteiger partial charge < -0.3 is 4.98 Å². The number of halogens is 4. The summed E-state index contributed by atoms with van der Waals surface area (Å²) in [6, 6.07) is 5.85. The molecule has 3 nitrogen and oxygen atoms in total. The van der Waals surface area contributed by atoms with Gasteiger partial charge in [-0.3, -0.25) is 0 Å². The van der Waals surface area contributed by atoms with E-state index in [-0.39, 0.29) is 5.52 Å². The lowest BCUT2D eigenvalue weighted by atomic mass is 10.2. The van der Waals surface area contributed by atoms with Gasteiger partial charge in [0.25, 0.3) is 0 Å². The van der Waals surface area contributed by atoms with E-state index in [2.05, 4.69) is 15.0 Å². The number of pyridine rings is 1. The number of alkyl halides is 3. The Balaban J connectivity index is 2.09. The second kappa shape index (κ2) is 4.29. The van der Waals surface area contributed by atoms with Crippen LogP contribution in [0.5, 0.6) is 0 Å². The van der Waals surface area contributed by atoms with Crippen molar-refractivity contribution in [2.24, 2.45) is 0 Å². The van der Waals surface area contributed by atoms with E-state index in [1.54, 1.807) is 0 Å². The summed E-state index contributed by atoms with van der Waals surface area (Å²) in [6.07, 6.45) is -3.14. The zero-order chi connectivity index (χ0) is 14.3. The van der Waals surface area contributed by atoms with Gasteiger partial charge >= 0.3 is 6.18 Å². The van der Waals surface area contributed by atoms with Gasteiger partial charge in [0.05, 0.1) is 16.6 Å². The number of H-pyrrole nitrogens is 1. The molecule has 0 spiro atoms. The number of hydrogen-bond donors (Lipinski definition) is 1. The highest BCUT2D eigenvalue weighted by molar-refractivity contribution is 5.80. The van der Waals surface area contributed by atoms with E-state index in [1.807, 2.05) is 0 Å². The lowest BCUT2D eigenvalue weighted by Gasteiger charge is -2.05. The summed E-state index contributed by atoms with van der Waals surface area (Å²) < 4.78 is 50.5. The molecule has 0 amide bonds. The molecular weight excluding hydrogens is 274 g/mol. The predicted molar refractivity (Wildman–Crippen MR) is 64.3 cm³/mol. The van der Waals surface area contributed by atoms with Crippen molar-refractivity contribution in [3.05, 3.63) is 48.0 Å². The van der Waals surface area contributed by atoms with E-state index in [0.717, 1.165) is 18.2 Å². The molecule has 3 aromatic rings. The monoisotopic (exact) mass is 281 g/mol. The number of nitrogens with one attached hydrogen (secondary N) is 1. The topological polar surface area (TPSA) is 41.6 Å². The second-order valence-electron chi connectivity index (χ2n) is 4.18. The van der Waals surface area contributed by atoms with Gasteiger partial charge in [0.2, 0.25) is 5.95 Å². The van der Waals surface area contributed by atoms with Crippen LogP contribution in [0.1, 0.15) is 5.56 Å². The molecule has 0 unspecified atom stereocenters. The number of hydrogen-bond acceptors (Lipinski definition) is 2. The van der Waals surface area contributed by atoms with E-state index in [4.69, 9.17) is 0 Å². The number of fused-ring (bicyclic) bond motifs is 1. The van der Waals surface area contributed by atoms with Crippen molar-refractivity contribution in [1.82, 2.24) is 15.0 Å². The minimum absolute atomic E-state index is 0.263. The number of imidazole rings is 1. The molecule has 3 rings (SSSR count). The van der Waals surface area contributed by atoms with E-state index in [0.29, 0.717) is 16.9 Å². The first-order valence-corrected chi connectivity index (χ1v) is 5.62. The Kier molecular flexibility index (Phi) is 2.70. The Morgan fingerprint density at radius 1 is 1.05 bits per heavy atom. The third kappa shape index (κ3) is 2.22. The van der Waals surface area contributed by atoms with Crippen LogP contribution in [-0.2, 0) is 6.18 Å². The summed E-state index contributed by atoms with van der Waals surface area (Å²) in [6.45, 7) is 0. The van der Waals surface area contributed by atoms with Crippen LogP contribution in [0.25, 0.3) is 22.4 Å². The maximum Gasteiger partial charge on any atom is 0.416 e. The maximum absolute atomic E-state index is 12.7. The van der Waals surface area contributed by atoms with Gasteiger partial charge in [-0.05, 0) is 30.3 Å². The van der Waals surface area contributed by atoms with Gasteiger partial charge in [-0.15, -0.1) is 0 Å². The average Bonchev–Trinajstić information content (AvgIpc) is 2.81. The molecule has 0 radical (unpaired) electrons. The van der Waals surface area contributed by atoms with Gasteiger partial charge in [-0.1, -0.05) is 0 Å². The van der Waals surface area contributed by atoms with Crippen molar-refractivity contribution < 1.29 is 17.6 Å². The molecular formula is C13H7F4N3. The molecule has 0 atom stereocenters. The Morgan fingerprint density at radius 3 is 2.50 bits per heavy atom. The molecule has 0 bridgehead atoms. The Labute approximate surface area is 110 Å². The summed E-state index contributed by atoms with van der Waals surface area (Å²) in [5, 5.41) is 0. The smallest absolute Gasteiger partial charge is 0.338 e. The van der Waals surface area contributed by atoms with Gasteiger partial charge in [0.1, 0.15) is 5.82 Å². The van der Waals surface area contributed by atoms with Crippen molar-refractivity contribution >= 4 is 11.0 Å². The Hall–Kier alpha value is -2.44. The molecule has 0 aliphatic carbocycles. The Bertz CT molecular complexity index is 759. The summed E-state index contributed by atoms with van der Waals surface area (Å²) in [5.41, 5.74) is 0.407. The van der Waals surface area contributed by atoms with Crippen molar-refractivity contribution in [1.29, 1.82) is 0 Å². The first-order chi connectivity index (χ1) is 9.43. The molecule has 0 saturated carbocycles. The quantitative estimate of drug-likeness (QED) is 0.544. The number of benzene rings is 1. The van der Waals surface area contributed by atoms with Gasteiger partial charge in [-0.25, -0.2) is 9.97 Å². The van der Waals surface area contributed by atoms with Crippen LogP contribution in [-0.4, -0.2) is 15.0 Å². The number of rotatable bonds is 1. The van der Waals surface area contributed by atoms with Crippen LogP contribution in [0.3, 0.4) is 0 Å². The van der Waals surface area contributed by atoms with E-state index < -0.39 is 17.7 Å². The average molecular weight is 281 g/mol. The molecule has 1 N–H and O–H groups in total. The minimum Gasteiger partial charge on any atom is -0.338 e. The molecule has 0 aliphatic heterocycles. The molecule has 0 saturated heterocycles. The standard InChI is InChI=1S/C13H7F4N3/c14-11-4-1-7(6-18-11)12-19-9-3-2-8(13(15,16)17)5-10(9)20-12/h1-6H,(H,19,20). The third-order valence-electron chi connectivity index (χ3n) is 2.81. The fourth-order valence-electron chi connectivity index (χ4n) is 1.84. The van der Waals surface area contributed by atoms with Crippen molar-refractivity contribution in [2.45, 2.75) is 6.18 Å². The van der Waals surface area contributed by atoms with E-state index in [9.17, 15) is 17.6 Å². The van der Waals surface area contributed by atoms with Crippen molar-refractivity contribution in [2.75, 3.05) is 0 Å². The first kappa shape index (κ1) is 12.6. The van der Waals surface area contributed by atoms with Gasteiger partial charge in [0.15, 0.2) is 0 Å². The minimum atomic E-state index is -4.41. The first-order valence-electron chi connectivity index (χ1n) is 5.62. The third-order valence-corrected chi connectivity index (χ3v) is 2.81. The zero-order valence-corrected chi connectivity index (χ0v) is 9.87. The molecule has 20 heavy (non-hydrogen) atoms. The SMILES string of the molecule is Fc1ccc(-c2nc3ccc(C(F)(F)F)cc3[nH]2)cn1. The number of aromatic nitrogens is 3. The van der Waals surface area contributed by atoms with Crippen LogP contribution in [0.4, 0.5) is 17.6 Å². The predicted octanol–water partition coefficient (Wildman–Crippen LogP) is 3.78. The normalized spacial score (nSPS) is 12.0. The van der Waals surface area contributed by atoms with Gasteiger partial charge in [0, 0.05) is 11.8 Å². The molecule has 1 aromatic carbocycles. The highest BCUT2D eigenvalue weighted by Crippen LogP contribution is 2.31. The van der Waals surface area contributed by atoms with Crippen molar-refractivity contribution in [3.8, 4) is 11.4 Å². The summed E-state index contributed by atoms with van der Waals surface area (Å²) in [4.78, 5) is 10.4. The highest BCUT2D eigenvalue weighted by Gasteiger charge is 2.30. The molecule has 7 heteroatoms. The lowest BCUT2D eigenvalue weighted by molar-refractivity contribution is -0.137. The Morgan fingerprint density at radius 2 is 1.85 bits per heavy atom. The highest BCUT2D eigenvalue weighted by atomic mass is 19.4. The second-order valence-corrected chi connectivity index (χ2v) is 4.18. The molecule has 2 aromatic heterocycles. The van der Waals surface area contributed by atoms with E-state index in [1.165, 1.54) is 18.3 Å². The fraction of sp³-hybridized carbons (Fsp3) is 0.0769. The molecule has 0 aliphatic rings. The summed E-state index contributed by atoms with van der Waals surface area (Å²) in [5.74, 6) is -0.295. The van der Waals surface area contributed by atoms with Crippen LogP contribution in [0, 0.1) is 5.95 Å². The summed E-state index contributed by atoms with van der Waals surface area (Å²) in [7, 11) is 0. The van der Waals surface area contributed by atoms with Crippen LogP contribution >= 0.6 is 0 Å². The number of aromatic amines is 1.